The van der Waals surface area contributed by atoms with E-state index in [1.807, 2.05) is 0 Å². The van der Waals surface area contributed by atoms with E-state index in [4.69, 9.17) is 11.6 Å². The number of anilines is 2. The molecule has 20 heavy (non-hydrogen) atoms. The van der Waals surface area contributed by atoms with Crippen molar-refractivity contribution in [2.75, 3.05) is 29.9 Å². The van der Waals surface area contributed by atoms with E-state index < -0.39 is 0 Å². The highest BCUT2D eigenvalue weighted by molar-refractivity contribution is 6.28. The zero-order valence-corrected chi connectivity index (χ0v) is 12.8. The molecule has 0 bridgehead atoms. The summed E-state index contributed by atoms with van der Waals surface area (Å²) in [5, 5.41) is 12.7. The zero-order valence-electron chi connectivity index (χ0n) is 12.0. The minimum atomic E-state index is -0.0695. The summed E-state index contributed by atoms with van der Waals surface area (Å²) in [6.07, 6.45) is 3.15. The van der Waals surface area contributed by atoms with E-state index in [-0.39, 0.29) is 17.9 Å². The van der Waals surface area contributed by atoms with Crippen molar-refractivity contribution in [3.05, 3.63) is 5.28 Å². The highest BCUT2D eigenvalue weighted by atomic mass is 35.5. The summed E-state index contributed by atoms with van der Waals surface area (Å²) in [7, 11) is 0. The van der Waals surface area contributed by atoms with Crippen LogP contribution in [0, 0.1) is 5.92 Å². The van der Waals surface area contributed by atoms with Gasteiger partial charge in [0.25, 0.3) is 0 Å². The summed E-state index contributed by atoms with van der Waals surface area (Å²) in [5.41, 5.74) is 0. The van der Waals surface area contributed by atoms with Crippen LogP contribution in [-0.4, -0.2) is 45.8 Å². The molecule has 2 rings (SSSR count). The van der Waals surface area contributed by atoms with Crippen molar-refractivity contribution in [1.29, 1.82) is 0 Å². The Balaban J connectivity index is 2.10. The maximum Gasteiger partial charge on any atom is 0.231 e. The molecule has 2 heterocycles. The number of hydrogen-bond acceptors (Lipinski definition) is 6. The molecule has 0 saturated carbocycles. The number of hydrogen-bond donors (Lipinski definition) is 2. The molecule has 1 atom stereocenters. The minimum absolute atomic E-state index is 0.0422. The number of nitrogens with zero attached hydrogens (tertiary/aromatic N) is 4. The minimum Gasteiger partial charge on any atom is -0.394 e. The van der Waals surface area contributed by atoms with Crippen molar-refractivity contribution in [2.45, 2.75) is 39.2 Å². The van der Waals surface area contributed by atoms with E-state index in [1.54, 1.807) is 0 Å². The predicted octanol–water partition coefficient (Wildman–Crippen LogP) is 1.94. The summed E-state index contributed by atoms with van der Waals surface area (Å²) in [5.74, 6) is 1.54. The molecular weight excluding hydrogens is 278 g/mol. The van der Waals surface area contributed by atoms with E-state index in [0.717, 1.165) is 32.4 Å². The van der Waals surface area contributed by atoms with Crippen molar-refractivity contribution in [3.8, 4) is 0 Å². The van der Waals surface area contributed by atoms with E-state index in [1.165, 1.54) is 0 Å². The summed E-state index contributed by atoms with van der Waals surface area (Å²) < 4.78 is 0. The van der Waals surface area contributed by atoms with E-state index in [2.05, 4.69) is 39.0 Å². The lowest BCUT2D eigenvalue weighted by molar-refractivity contribution is 0.259. The number of aromatic nitrogens is 3. The Bertz CT molecular complexity index is 437. The first kappa shape index (κ1) is 15.3. The highest BCUT2D eigenvalue weighted by Gasteiger charge is 2.18. The highest BCUT2D eigenvalue weighted by Crippen LogP contribution is 2.19. The average molecular weight is 300 g/mol. The third kappa shape index (κ3) is 4.18. The molecule has 0 aromatic carbocycles. The number of rotatable bonds is 6. The topological polar surface area (TPSA) is 74.2 Å². The second-order valence-corrected chi connectivity index (χ2v) is 5.91. The van der Waals surface area contributed by atoms with Gasteiger partial charge < -0.3 is 15.3 Å². The van der Waals surface area contributed by atoms with Crippen molar-refractivity contribution in [2.24, 2.45) is 5.92 Å². The van der Waals surface area contributed by atoms with Gasteiger partial charge in [-0.1, -0.05) is 13.8 Å². The monoisotopic (exact) mass is 299 g/mol. The van der Waals surface area contributed by atoms with Gasteiger partial charge in [-0.15, -0.1) is 0 Å². The Morgan fingerprint density at radius 3 is 2.55 bits per heavy atom. The van der Waals surface area contributed by atoms with Crippen LogP contribution in [0.2, 0.25) is 5.28 Å². The normalized spacial score (nSPS) is 16.8. The second-order valence-electron chi connectivity index (χ2n) is 5.58. The first-order valence-corrected chi connectivity index (χ1v) is 7.50. The number of nitrogens with one attached hydrogen (secondary N) is 1. The third-order valence-corrected chi connectivity index (χ3v) is 3.46. The fraction of sp³-hybridized carbons (Fsp3) is 0.769. The SMILES string of the molecule is CC(C)CC(CO)Nc1nc(Cl)nc(N2CCCC2)n1. The van der Waals surface area contributed by atoms with Gasteiger partial charge in [0.05, 0.1) is 12.6 Å². The molecule has 7 heteroatoms. The van der Waals surface area contributed by atoms with Gasteiger partial charge in [0.15, 0.2) is 0 Å². The lowest BCUT2D eigenvalue weighted by atomic mass is 10.0. The molecule has 1 aromatic rings. The Morgan fingerprint density at radius 2 is 1.95 bits per heavy atom. The van der Waals surface area contributed by atoms with E-state index in [0.29, 0.717) is 17.8 Å². The smallest absolute Gasteiger partial charge is 0.231 e. The van der Waals surface area contributed by atoms with Crippen molar-refractivity contribution < 1.29 is 5.11 Å². The molecule has 1 saturated heterocycles. The molecule has 1 fully saturated rings. The standard InChI is InChI=1S/C13H22ClN5O/c1-9(2)7-10(8-20)15-12-16-11(14)17-13(18-12)19-5-3-4-6-19/h9-10,20H,3-8H2,1-2H3,(H,15,16,17,18). The summed E-state index contributed by atoms with van der Waals surface area (Å²) in [4.78, 5) is 14.8. The van der Waals surface area contributed by atoms with E-state index >= 15 is 0 Å². The number of aliphatic hydroxyl groups excluding tert-OH is 1. The Labute approximate surface area is 124 Å². The van der Waals surface area contributed by atoms with Gasteiger partial charge in [0, 0.05) is 13.1 Å². The molecule has 0 spiro atoms. The van der Waals surface area contributed by atoms with Gasteiger partial charge in [-0.3, -0.25) is 0 Å². The van der Waals surface area contributed by atoms with Gasteiger partial charge in [0.1, 0.15) is 0 Å². The second kappa shape index (κ2) is 7.04. The molecule has 112 valence electrons. The maximum atomic E-state index is 9.41. The van der Waals surface area contributed by atoms with Crippen molar-refractivity contribution >= 4 is 23.5 Å². The largest absolute Gasteiger partial charge is 0.394 e. The van der Waals surface area contributed by atoms with Crippen LogP contribution >= 0.6 is 11.6 Å². The molecule has 2 N–H and O–H groups in total. The first-order chi connectivity index (χ1) is 9.58. The van der Waals surface area contributed by atoms with Crippen molar-refractivity contribution in [3.63, 3.8) is 0 Å². The van der Waals surface area contributed by atoms with Gasteiger partial charge in [0.2, 0.25) is 17.2 Å². The van der Waals surface area contributed by atoms with Crippen LogP contribution in [0.4, 0.5) is 11.9 Å². The molecule has 1 aliphatic heterocycles. The molecule has 1 unspecified atom stereocenters. The fourth-order valence-corrected chi connectivity index (χ4v) is 2.55. The first-order valence-electron chi connectivity index (χ1n) is 7.12. The van der Waals surface area contributed by atoms with Gasteiger partial charge in [-0.2, -0.15) is 15.0 Å². The number of aliphatic hydroxyl groups is 1. The van der Waals surface area contributed by atoms with Crippen LogP contribution in [0.15, 0.2) is 0 Å². The number of halogens is 1. The summed E-state index contributed by atoms with van der Waals surface area (Å²) in [6, 6.07) is -0.0695. The van der Waals surface area contributed by atoms with Crippen LogP contribution in [-0.2, 0) is 0 Å². The zero-order chi connectivity index (χ0) is 14.5. The lowest BCUT2D eigenvalue weighted by Crippen LogP contribution is -2.28. The van der Waals surface area contributed by atoms with Crippen LogP contribution < -0.4 is 10.2 Å². The van der Waals surface area contributed by atoms with Crippen LogP contribution in [0.1, 0.15) is 33.1 Å². The van der Waals surface area contributed by atoms with Gasteiger partial charge in [-0.05, 0) is 36.8 Å². The third-order valence-electron chi connectivity index (χ3n) is 3.29. The lowest BCUT2D eigenvalue weighted by Gasteiger charge is -2.20. The molecule has 0 amide bonds. The molecule has 6 nitrogen and oxygen atoms in total. The molecule has 1 aromatic heterocycles. The molecular formula is C13H22ClN5O. The van der Waals surface area contributed by atoms with E-state index in [9.17, 15) is 5.11 Å². The van der Waals surface area contributed by atoms with Gasteiger partial charge >= 0.3 is 0 Å². The summed E-state index contributed by atoms with van der Waals surface area (Å²) in [6.45, 7) is 6.17. The molecule has 1 aliphatic rings. The Kier molecular flexibility index (Phi) is 5.37. The molecule has 0 aliphatic carbocycles. The van der Waals surface area contributed by atoms with Crippen LogP contribution in [0.5, 0.6) is 0 Å². The maximum absolute atomic E-state index is 9.41. The Hall–Kier alpha value is -1.14. The van der Waals surface area contributed by atoms with Gasteiger partial charge in [-0.25, -0.2) is 0 Å². The quantitative estimate of drug-likeness (QED) is 0.836. The fourth-order valence-electron chi connectivity index (χ4n) is 2.39. The average Bonchev–Trinajstić information content (AvgIpc) is 2.90. The van der Waals surface area contributed by atoms with Crippen LogP contribution in [0.3, 0.4) is 0 Å². The predicted molar refractivity (Wildman–Crippen MR) is 80.2 cm³/mol. The molecule has 0 radical (unpaired) electrons. The van der Waals surface area contributed by atoms with Crippen LogP contribution in [0.25, 0.3) is 0 Å². The van der Waals surface area contributed by atoms with Crippen molar-refractivity contribution in [1.82, 2.24) is 15.0 Å². The Morgan fingerprint density at radius 1 is 1.25 bits per heavy atom. The summed E-state index contributed by atoms with van der Waals surface area (Å²) >= 11 is 5.97.